The largest absolute Gasteiger partial charge is 0.207 e. The van der Waals surface area contributed by atoms with Gasteiger partial charge in [0.05, 0.1) is 0 Å². The second-order valence-corrected chi connectivity index (χ2v) is 14.1. The van der Waals surface area contributed by atoms with E-state index in [0.29, 0.717) is 17.8 Å². The highest BCUT2D eigenvalue weighted by molar-refractivity contribution is 5.32. The van der Waals surface area contributed by atoms with Crippen molar-refractivity contribution in [2.45, 2.75) is 160 Å². The average Bonchev–Trinajstić information content (AvgIpc) is 3.01. The van der Waals surface area contributed by atoms with Crippen molar-refractivity contribution in [1.82, 2.24) is 0 Å². The van der Waals surface area contributed by atoms with Crippen LogP contribution in [0.4, 0.5) is 4.39 Å². The first-order valence-electron chi connectivity index (χ1n) is 17.5. The van der Waals surface area contributed by atoms with Crippen molar-refractivity contribution in [3.8, 4) is 0 Å². The van der Waals surface area contributed by atoms with E-state index >= 15 is 4.39 Å². The van der Waals surface area contributed by atoms with Crippen LogP contribution in [0.1, 0.15) is 182 Å². The predicted molar refractivity (Wildman–Crippen MR) is 170 cm³/mol. The fourth-order valence-electron chi connectivity index (χ4n) is 8.65. The molecule has 0 amide bonds. The molecule has 0 bridgehead atoms. The SMILES string of the molecule is CCCCCC1CCC(c2ccc(C3CCC(c4ccc(C5CCC(CCCC)CC5)cc4)CC3)c(F)c2)CC1. The summed E-state index contributed by atoms with van der Waals surface area (Å²) in [7, 11) is 0. The van der Waals surface area contributed by atoms with Gasteiger partial charge in [-0.3, -0.25) is 0 Å². The molecule has 0 nitrogen and oxygen atoms in total. The predicted octanol–water partition coefficient (Wildman–Crippen LogP) is 12.6. The lowest BCUT2D eigenvalue weighted by molar-refractivity contribution is 0.302. The molecule has 220 valence electrons. The summed E-state index contributed by atoms with van der Waals surface area (Å²) in [5.41, 5.74) is 5.33. The molecule has 0 saturated heterocycles. The second-order valence-electron chi connectivity index (χ2n) is 14.1. The van der Waals surface area contributed by atoms with Gasteiger partial charge in [0.1, 0.15) is 5.82 Å². The summed E-state index contributed by atoms with van der Waals surface area (Å²) < 4.78 is 15.4. The van der Waals surface area contributed by atoms with Crippen LogP contribution in [0.25, 0.3) is 0 Å². The maximum Gasteiger partial charge on any atom is 0.126 e. The van der Waals surface area contributed by atoms with Gasteiger partial charge in [-0.1, -0.05) is 95.2 Å². The van der Waals surface area contributed by atoms with Gasteiger partial charge in [0.2, 0.25) is 0 Å². The molecule has 40 heavy (non-hydrogen) atoms. The third-order valence-electron chi connectivity index (χ3n) is 11.4. The minimum atomic E-state index is 0.0692. The maximum atomic E-state index is 15.4. The molecule has 0 unspecified atom stereocenters. The van der Waals surface area contributed by atoms with E-state index in [-0.39, 0.29) is 5.82 Å². The smallest absolute Gasteiger partial charge is 0.126 e. The lowest BCUT2D eigenvalue weighted by atomic mass is 9.74. The molecular formula is C39H57F. The molecule has 2 aromatic carbocycles. The topological polar surface area (TPSA) is 0 Å². The van der Waals surface area contributed by atoms with Crippen LogP contribution < -0.4 is 0 Å². The highest BCUT2D eigenvalue weighted by Gasteiger charge is 2.28. The van der Waals surface area contributed by atoms with Gasteiger partial charge in [-0.15, -0.1) is 0 Å². The maximum absolute atomic E-state index is 15.4. The Morgan fingerprint density at radius 3 is 1.43 bits per heavy atom. The van der Waals surface area contributed by atoms with Gasteiger partial charge in [-0.2, -0.15) is 0 Å². The first kappa shape index (κ1) is 29.8. The molecule has 2 aromatic rings. The van der Waals surface area contributed by atoms with Gasteiger partial charge in [-0.05, 0) is 141 Å². The van der Waals surface area contributed by atoms with E-state index in [1.54, 1.807) is 5.56 Å². The summed E-state index contributed by atoms with van der Waals surface area (Å²) in [5, 5.41) is 0. The van der Waals surface area contributed by atoms with E-state index in [1.165, 1.54) is 120 Å². The molecule has 0 spiro atoms. The lowest BCUT2D eigenvalue weighted by Crippen LogP contribution is -2.15. The Morgan fingerprint density at radius 1 is 0.500 bits per heavy atom. The first-order valence-corrected chi connectivity index (χ1v) is 17.5. The lowest BCUT2D eigenvalue weighted by Gasteiger charge is -2.31. The molecule has 3 aliphatic carbocycles. The molecule has 3 saturated carbocycles. The minimum absolute atomic E-state index is 0.0692. The zero-order valence-corrected chi connectivity index (χ0v) is 25.8. The molecule has 0 atom stereocenters. The van der Waals surface area contributed by atoms with E-state index in [0.717, 1.165) is 36.2 Å². The van der Waals surface area contributed by atoms with E-state index in [2.05, 4.69) is 50.2 Å². The number of hydrogen-bond acceptors (Lipinski definition) is 0. The van der Waals surface area contributed by atoms with Gasteiger partial charge in [0, 0.05) is 0 Å². The summed E-state index contributed by atoms with van der Waals surface area (Å²) in [4.78, 5) is 0. The van der Waals surface area contributed by atoms with E-state index in [4.69, 9.17) is 0 Å². The van der Waals surface area contributed by atoms with Crippen LogP contribution in [0.2, 0.25) is 0 Å². The standard InChI is InChI=1S/C39H57F/c1-3-5-7-9-30-12-16-35(17-13-30)37-26-27-38(39(40)28-37)36-24-22-34(23-25-36)33-20-18-32(19-21-33)31-14-10-29(11-15-31)8-6-4-2/h18-21,26-31,34-36H,3-17,22-25H2,1-2H3. The van der Waals surface area contributed by atoms with Crippen molar-refractivity contribution < 1.29 is 4.39 Å². The molecule has 0 N–H and O–H groups in total. The van der Waals surface area contributed by atoms with Crippen LogP contribution in [0.3, 0.4) is 0 Å². The summed E-state index contributed by atoms with van der Waals surface area (Å²) in [5.74, 6) is 4.34. The highest BCUT2D eigenvalue weighted by atomic mass is 19.1. The van der Waals surface area contributed by atoms with Gasteiger partial charge in [-0.25, -0.2) is 4.39 Å². The number of halogens is 1. The van der Waals surface area contributed by atoms with Crippen LogP contribution in [0, 0.1) is 17.7 Å². The summed E-state index contributed by atoms with van der Waals surface area (Å²) in [6.07, 6.45) is 25.1. The van der Waals surface area contributed by atoms with Crippen LogP contribution in [0.5, 0.6) is 0 Å². The molecular weight excluding hydrogens is 487 g/mol. The molecule has 0 radical (unpaired) electrons. The van der Waals surface area contributed by atoms with E-state index in [9.17, 15) is 0 Å². The second kappa shape index (κ2) is 15.0. The van der Waals surface area contributed by atoms with Gasteiger partial charge >= 0.3 is 0 Å². The number of hydrogen-bond donors (Lipinski definition) is 0. The average molecular weight is 545 g/mol. The van der Waals surface area contributed by atoms with Gasteiger partial charge < -0.3 is 0 Å². The van der Waals surface area contributed by atoms with Crippen molar-refractivity contribution in [2.24, 2.45) is 11.8 Å². The molecule has 1 heteroatoms. The Balaban J connectivity index is 1.08. The number of benzene rings is 2. The quantitative estimate of drug-likeness (QED) is 0.247. The van der Waals surface area contributed by atoms with E-state index < -0.39 is 0 Å². The third-order valence-corrected chi connectivity index (χ3v) is 11.4. The third kappa shape index (κ3) is 7.80. The fraction of sp³-hybridized carbons (Fsp3) is 0.692. The Labute approximate surface area is 245 Å². The zero-order valence-electron chi connectivity index (χ0n) is 25.8. The zero-order chi connectivity index (χ0) is 27.7. The number of rotatable bonds is 11. The Bertz CT molecular complexity index is 998. The molecule has 0 aromatic heterocycles. The van der Waals surface area contributed by atoms with Crippen LogP contribution in [-0.4, -0.2) is 0 Å². The molecule has 3 fully saturated rings. The van der Waals surface area contributed by atoms with E-state index in [1.807, 2.05) is 6.07 Å². The van der Waals surface area contributed by atoms with Crippen molar-refractivity contribution in [1.29, 1.82) is 0 Å². The monoisotopic (exact) mass is 544 g/mol. The van der Waals surface area contributed by atoms with Crippen molar-refractivity contribution >= 4 is 0 Å². The minimum Gasteiger partial charge on any atom is -0.207 e. The van der Waals surface area contributed by atoms with Gasteiger partial charge in [0.15, 0.2) is 0 Å². The van der Waals surface area contributed by atoms with Crippen molar-refractivity contribution in [3.05, 3.63) is 70.5 Å². The van der Waals surface area contributed by atoms with Crippen LogP contribution in [-0.2, 0) is 0 Å². The molecule has 5 rings (SSSR count). The van der Waals surface area contributed by atoms with Crippen LogP contribution in [0.15, 0.2) is 42.5 Å². The fourth-order valence-corrected chi connectivity index (χ4v) is 8.65. The Hall–Kier alpha value is -1.63. The normalized spacial score (nSPS) is 29.4. The molecule has 0 aliphatic heterocycles. The number of unbranched alkanes of at least 4 members (excludes halogenated alkanes) is 3. The van der Waals surface area contributed by atoms with Crippen molar-refractivity contribution in [2.75, 3.05) is 0 Å². The highest BCUT2D eigenvalue weighted by Crippen LogP contribution is 2.44. The van der Waals surface area contributed by atoms with Crippen molar-refractivity contribution in [3.63, 3.8) is 0 Å². The molecule has 3 aliphatic rings. The summed E-state index contributed by atoms with van der Waals surface area (Å²) in [6, 6.07) is 16.1. The Kier molecular flexibility index (Phi) is 11.2. The summed E-state index contributed by atoms with van der Waals surface area (Å²) in [6.45, 7) is 4.61. The summed E-state index contributed by atoms with van der Waals surface area (Å²) >= 11 is 0. The Morgan fingerprint density at radius 2 is 0.925 bits per heavy atom. The van der Waals surface area contributed by atoms with Crippen LogP contribution >= 0.6 is 0 Å². The first-order chi connectivity index (χ1) is 19.6. The molecule has 0 heterocycles. The van der Waals surface area contributed by atoms with Gasteiger partial charge in [0.25, 0.3) is 0 Å².